The number of rotatable bonds is 0. The number of H-pyrrole nitrogens is 2. The van der Waals surface area contributed by atoms with E-state index in [4.69, 9.17) is 10.8 Å². The van der Waals surface area contributed by atoms with Crippen molar-refractivity contribution in [3.05, 3.63) is 105 Å². The van der Waals surface area contributed by atoms with E-state index in [2.05, 4.69) is 113 Å². The van der Waals surface area contributed by atoms with Crippen LogP contribution in [0.1, 0.15) is 11.1 Å². The van der Waals surface area contributed by atoms with Crippen molar-refractivity contribution in [2.75, 3.05) is 6.26 Å². The Morgan fingerprint density at radius 1 is 0.714 bits per heavy atom. The summed E-state index contributed by atoms with van der Waals surface area (Å²) in [5.74, 6) is 6.40. The number of thioether (sulfide) groups is 1. The molecule has 6 nitrogen and oxygen atoms in total. The molecule has 0 aliphatic carbocycles. The average Bonchev–Trinajstić information content (AvgIpc) is 3.42. The molecule has 6 aromatic rings. The van der Waals surface area contributed by atoms with Crippen molar-refractivity contribution in [3.8, 4) is 22.5 Å². The molecule has 0 bridgehead atoms. The van der Waals surface area contributed by atoms with Gasteiger partial charge in [0.1, 0.15) is 5.84 Å². The van der Waals surface area contributed by atoms with Gasteiger partial charge in [0, 0.05) is 54.7 Å². The zero-order valence-electron chi connectivity index (χ0n) is 22.6. The fourth-order valence-corrected chi connectivity index (χ4v) is 6.91. The molecule has 4 heterocycles. The third kappa shape index (κ3) is 4.90. The molecular weight excluding hydrogens is 672 g/mol. The van der Waals surface area contributed by atoms with Crippen molar-refractivity contribution in [1.82, 2.24) is 15.4 Å². The first-order valence-corrected chi connectivity index (χ1v) is 16.3. The lowest BCUT2D eigenvalue weighted by atomic mass is 10.0. The molecule has 5 N–H and O–H groups in total. The van der Waals surface area contributed by atoms with Crippen LogP contribution >= 0.6 is 43.6 Å². The monoisotopic (exact) mass is 696 g/mol. The minimum Gasteiger partial charge on any atom is -0.354 e. The number of nitrogens with one attached hydrogen (secondary N) is 3. The highest BCUT2D eigenvalue weighted by atomic mass is 79.9. The summed E-state index contributed by atoms with van der Waals surface area (Å²) in [6.07, 6.45) is 3.65. The number of hydrogen-bond acceptors (Lipinski definition) is 5. The van der Waals surface area contributed by atoms with E-state index in [0.29, 0.717) is 6.42 Å². The van der Waals surface area contributed by atoms with Crippen LogP contribution < -0.4 is 11.3 Å². The molecule has 208 valence electrons. The van der Waals surface area contributed by atoms with E-state index < -0.39 is 0 Å². The lowest BCUT2D eigenvalue weighted by molar-refractivity contribution is 0.993. The predicted molar refractivity (Wildman–Crippen MR) is 185 cm³/mol. The second-order valence-corrected chi connectivity index (χ2v) is 12.8. The Morgan fingerprint density at radius 3 is 1.79 bits per heavy atom. The molecule has 0 radical (unpaired) electrons. The standard InChI is InChI=1S/C17H13BrN2S.C16H13BrN4/c1-21-16-9-13-12-8-10(18)6-7-15(12)20-17(13)11-4-2-3-5-14(11)19-16;17-9-5-6-14-11(7-9)12-8-15(21-18)19-13-4-2-1-3-10(13)16(12)20-14/h2-8,20H,9H2,1H3;1-7,20H,8,18H2,(H,19,21). The summed E-state index contributed by atoms with van der Waals surface area (Å²) in [7, 11) is 0. The molecular formula is C33H26Br2N6S. The smallest absolute Gasteiger partial charge is 0.121 e. The molecule has 0 atom stereocenters. The van der Waals surface area contributed by atoms with E-state index in [1.54, 1.807) is 11.8 Å². The van der Waals surface area contributed by atoms with Gasteiger partial charge in [-0.25, -0.2) is 15.8 Å². The van der Waals surface area contributed by atoms with Crippen LogP contribution in [0.4, 0.5) is 11.4 Å². The van der Waals surface area contributed by atoms with Gasteiger partial charge < -0.3 is 15.4 Å². The van der Waals surface area contributed by atoms with E-state index in [-0.39, 0.29) is 0 Å². The first-order chi connectivity index (χ1) is 20.5. The molecule has 2 aliphatic rings. The Bertz CT molecular complexity index is 1910. The van der Waals surface area contributed by atoms with Crippen LogP contribution in [-0.2, 0) is 12.8 Å². The summed E-state index contributed by atoms with van der Waals surface area (Å²) in [6.45, 7) is 0. The summed E-state index contributed by atoms with van der Waals surface area (Å²) in [5, 5.41) is 3.62. The lowest BCUT2D eigenvalue weighted by Gasteiger charge is -2.03. The molecule has 0 amide bonds. The summed E-state index contributed by atoms with van der Waals surface area (Å²) in [4.78, 5) is 16.5. The third-order valence-electron chi connectivity index (χ3n) is 7.66. The molecule has 0 saturated heterocycles. The van der Waals surface area contributed by atoms with Crippen molar-refractivity contribution in [3.63, 3.8) is 0 Å². The van der Waals surface area contributed by atoms with Gasteiger partial charge in [-0.1, -0.05) is 68.3 Å². The molecule has 4 aromatic carbocycles. The maximum absolute atomic E-state index is 5.63. The van der Waals surface area contributed by atoms with Crippen LogP contribution in [0.15, 0.2) is 104 Å². The fraction of sp³-hybridized carbons (Fsp3) is 0.0909. The second-order valence-electron chi connectivity index (χ2n) is 10.1. The summed E-state index contributed by atoms with van der Waals surface area (Å²) in [5.41, 5.74) is 14.2. The van der Waals surface area contributed by atoms with Crippen molar-refractivity contribution in [2.24, 2.45) is 15.8 Å². The Labute approximate surface area is 264 Å². The Hall–Kier alpha value is -3.63. The Morgan fingerprint density at radius 2 is 1.24 bits per heavy atom. The summed E-state index contributed by atoms with van der Waals surface area (Å²) < 4.78 is 2.17. The topological polar surface area (TPSA) is 94.3 Å². The minimum atomic E-state index is 0.678. The van der Waals surface area contributed by atoms with Gasteiger partial charge in [0.05, 0.1) is 27.8 Å². The van der Waals surface area contributed by atoms with Crippen LogP contribution in [0.2, 0.25) is 0 Å². The molecule has 0 fully saturated rings. The molecule has 9 heteroatoms. The van der Waals surface area contributed by atoms with Crippen LogP contribution in [0, 0.1) is 0 Å². The van der Waals surface area contributed by atoms with Crippen LogP contribution in [0.25, 0.3) is 44.3 Å². The van der Waals surface area contributed by atoms with Crippen LogP contribution in [-0.4, -0.2) is 27.1 Å². The van der Waals surface area contributed by atoms with E-state index in [0.717, 1.165) is 54.4 Å². The number of nitrogens with two attached hydrogens (primary N) is 1. The zero-order valence-corrected chi connectivity index (χ0v) is 26.6. The number of amidine groups is 1. The molecule has 0 unspecified atom stereocenters. The number of nitrogens with zero attached hydrogens (tertiary/aromatic N) is 2. The number of aromatic amines is 2. The maximum atomic E-state index is 5.63. The van der Waals surface area contributed by atoms with E-state index in [1.165, 1.54) is 38.7 Å². The molecule has 8 rings (SSSR count). The van der Waals surface area contributed by atoms with Gasteiger partial charge in [-0.15, -0.1) is 11.8 Å². The van der Waals surface area contributed by atoms with Crippen LogP contribution in [0.3, 0.4) is 0 Å². The fourth-order valence-electron chi connectivity index (χ4n) is 5.71. The SMILES string of the molecule is CSC1=Nc2ccccc2-c2[nH]c3ccc(Br)cc3c2C1.NNC1=Nc2ccccc2-c2[nH]c3ccc(Br)cc3c2C1. The first-order valence-electron chi connectivity index (χ1n) is 13.5. The number of aromatic nitrogens is 2. The van der Waals surface area contributed by atoms with Gasteiger partial charge in [-0.3, -0.25) is 0 Å². The van der Waals surface area contributed by atoms with E-state index in [1.807, 2.05) is 30.3 Å². The number of fused-ring (bicyclic) bond motifs is 10. The van der Waals surface area contributed by atoms with Gasteiger partial charge >= 0.3 is 0 Å². The van der Waals surface area contributed by atoms with Crippen LogP contribution in [0.5, 0.6) is 0 Å². The minimum absolute atomic E-state index is 0.678. The van der Waals surface area contributed by atoms with Gasteiger partial charge in [0.2, 0.25) is 0 Å². The van der Waals surface area contributed by atoms with Gasteiger partial charge in [-0.05, 0) is 65.9 Å². The molecule has 2 aliphatic heterocycles. The van der Waals surface area contributed by atoms with Crippen molar-refractivity contribution in [1.29, 1.82) is 0 Å². The second kappa shape index (κ2) is 11.2. The van der Waals surface area contributed by atoms with E-state index in [9.17, 15) is 0 Å². The van der Waals surface area contributed by atoms with Crippen molar-refractivity contribution >= 4 is 87.7 Å². The molecule has 0 spiro atoms. The molecule has 0 saturated carbocycles. The first kappa shape index (κ1) is 27.2. The van der Waals surface area contributed by atoms with Crippen molar-refractivity contribution in [2.45, 2.75) is 12.8 Å². The average molecular weight is 698 g/mol. The van der Waals surface area contributed by atoms with Gasteiger partial charge in [-0.2, -0.15) is 0 Å². The van der Waals surface area contributed by atoms with E-state index >= 15 is 0 Å². The highest BCUT2D eigenvalue weighted by molar-refractivity contribution is 9.10. The number of halogens is 2. The molecule has 2 aromatic heterocycles. The number of hydrazine groups is 1. The zero-order chi connectivity index (χ0) is 28.8. The quantitative estimate of drug-likeness (QED) is 0.0942. The number of hydrogen-bond donors (Lipinski definition) is 4. The normalized spacial score (nSPS) is 13.4. The highest BCUT2D eigenvalue weighted by Crippen LogP contribution is 2.41. The number of para-hydroxylation sites is 2. The Balaban J connectivity index is 0.000000137. The predicted octanol–water partition coefficient (Wildman–Crippen LogP) is 9.19. The van der Waals surface area contributed by atoms with Crippen molar-refractivity contribution < 1.29 is 0 Å². The largest absolute Gasteiger partial charge is 0.354 e. The van der Waals surface area contributed by atoms with Gasteiger partial charge in [0.25, 0.3) is 0 Å². The lowest BCUT2D eigenvalue weighted by Crippen LogP contribution is -2.31. The summed E-state index contributed by atoms with van der Waals surface area (Å²) >= 11 is 8.85. The number of benzene rings is 4. The Kier molecular flexibility index (Phi) is 7.27. The highest BCUT2D eigenvalue weighted by Gasteiger charge is 2.22. The van der Waals surface area contributed by atoms with Gasteiger partial charge in [0.15, 0.2) is 0 Å². The maximum Gasteiger partial charge on any atom is 0.121 e. The number of aliphatic imine (C=N–C) groups is 2. The molecule has 42 heavy (non-hydrogen) atoms. The summed E-state index contributed by atoms with van der Waals surface area (Å²) in [6, 6.07) is 29.1. The third-order valence-corrected chi connectivity index (χ3v) is 9.35.